The van der Waals surface area contributed by atoms with E-state index in [1.165, 1.54) is 45.3 Å². The van der Waals surface area contributed by atoms with Gasteiger partial charge in [-0.05, 0) is 44.8 Å². The van der Waals surface area contributed by atoms with Gasteiger partial charge in [0.2, 0.25) is 0 Å². The van der Waals surface area contributed by atoms with E-state index in [1.807, 2.05) is 0 Å². The number of hydrogen-bond donors (Lipinski definition) is 0. The van der Waals surface area contributed by atoms with E-state index >= 15 is 0 Å². The lowest BCUT2D eigenvalue weighted by Gasteiger charge is -2.20. The normalized spacial score (nSPS) is 13.4. The summed E-state index contributed by atoms with van der Waals surface area (Å²) >= 11 is 0. The average Bonchev–Trinajstić information content (AvgIpc) is 2.28. The predicted molar refractivity (Wildman–Crippen MR) is 67.3 cm³/mol. The second kappa shape index (κ2) is 10.4. The van der Waals surface area contributed by atoms with Gasteiger partial charge in [-0.25, -0.2) is 0 Å². The summed E-state index contributed by atoms with van der Waals surface area (Å²) in [6, 6.07) is 0. The van der Waals surface area contributed by atoms with Gasteiger partial charge in [-0.2, -0.15) is 0 Å². The van der Waals surface area contributed by atoms with Crippen molar-refractivity contribution in [3.05, 3.63) is 0 Å². The molecule has 0 aromatic heterocycles. The monoisotopic (exact) mass is 215 g/mol. The van der Waals surface area contributed by atoms with E-state index in [9.17, 15) is 0 Å². The van der Waals surface area contributed by atoms with Crippen molar-refractivity contribution in [2.45, 2.75) is 46.5 Å². The van der Waals surface area contributed by atoms with Gasteiger partial charge in [-0.3, -0.25) is 0 Å². The topological polar surface area (TPSA) is 12.5 Å². The zero-order chi connectivity index (χ0) is 11.5. The van der Waals surface area contributed by atoms with Gasteiger partial charge in [-0.15, -0.1) is 0 Å². The van der Waals surface area contributed by atoms with Crippen LogP contribution in [0.15, 0.2) is 0 Å². The molecule has 0 N–H and O–H groups in total. The highest BCUT2D eigenvalue weighted by Gasteiger charge is 2.06. The Morgan fingerprint density at radius 2 is 1.73 bits per heavy atom. The Labute approximate surface area is 96.0 Å². The van der Waals surface area contributed by atoms with Gasteiger partial charge < -0.3 is 9.64 Å². The maximum Gasteiger partial charge on any atom is 0.0464 e. The van der Waals surface area contributed by atoms with Crippen molar-refractivity contribution in [1.82, 2.24) is 4.90 Å². The maximum absolute atomic E-state index is 5.13. The molecule has 0 aliphatic heterocycles. The number of hydrogen-bond acceptors (Lipinski definition) is 2. The number of ether oxygens (including phenoxy) is 1. The smallest absolute Gasteiger partial charge is 0.0464 e. The summed E-state index contributed by atoms with van der Waals surface area (Å²) in [6.07, 6.45) is 5.22. The first kappa shape index (κ1) is 14.9. The second-order valence-corrected chi connectivity index (χ2v) is 4.22. The summed E-state index contributed by atoms with van der Waals surface area (Å²) in [5.41, 5.74) is 0. The van der Waals surface area contributed by atoms with Gasteiger partial charge in [0.05, 0.1) is 0 Å². The molecule has 0 rings (SSSR count). The van der Waals surface area contributed by atoms with E-state index in [1.54, 1.807) is 7.11 Å². The minimum Gasteiger partial charge on any atom is -0.385 e. The third-order valence-corrected chi connectivity index (χ3v) is 3.29. The van der Waals surface area contributed by atoms with Gasteiger partial charge in [0.1, 0.15) is 0 Å². The van der Waals surface area contributed by atoms with Crippen molar-refractivity contribution in [1.29, 1.82) is 0 Å². The molecule has 92 valence electrons. The highest BCUT2D eigenvalue weighted by Crippen LogP contribution is 2.15. The molecule has 1 atom stereocenters. The second-order valence-electron chi connectivity index (χ2n) is 4.22. The first-order valence-corrected chi connectivity index (χ1v) is 6.49. The molecule has 0 radical (unpaired) electrons. The van der Waals surface area contributed by atoms with E-state index in [0.717, 1.165) is 12.5 Å². The van der Waals surface area contributed by atoms with Crippen LogP contribution in [0.2, 0.25) is 0 Å². The van der Waals surface area contributed by atoms with Crippen molar-refractivity contribution >= 4 is 0 Å². The van der Waals surface area contributed by atoms with Crippen molar-refractivity contribution < 1.29 is 4.74 Å². The summed E-state index contributed by atoms with van der Waals surface area (Å²) in [5.74, 6) is 0.862. The van der Waals surface area contributed by atoms with Gasteiger partial charge in [0.15, 0.2) is 0 Å². The first-order valence-electron chi connectivity index (χ1n) is 6.49. The van der Waals surface area contributed by atoms with Crippen LogP contribution in [0.5, 0.6) is 0 Å². The van der Waals surface area contributed by atoms with Crippen LogP contribution in [0.4, 0.5) is 0 Å². The van der Waals surface area contributed by atoms with E-state index in [-0.39, 0.29) is 0 Å². The quantitative estimate of drug-likeness (QED) is 0.555. The predicted octanol–water partition coefficient (Wildman–Crippen LogP) is 3.17. The third kappa shape index (κ3) is 7.80. The summed E-state index contributed by atoms with van der Waals surface area (Å²) in [5, 5.41) is 0. The molecular formula is C13H29NO. The number of rotatable bonds is 10. The fraction of sp³-hybridized carbons (Fsp3) is 1.00. The molecule has 0 aromatic carbocycles. The molecule has 0 spiro atoms. The molecule has 2 nitrogen and oxygen atoms in total. The molecule has 0 saturated heterocycles. The zero-order valence-corrected chi connectivity index (χ0v) is 11.1. The third-order valence-electron chi connectivity index (χ3n) is 3.29. The Bertz CT molecular complexity index is 124. The highest BCUT2D eigenvalue weighted by molar-refractivity contribution is 4.60. The van der Waals surface area contributed by atoms with Crippen LogP contribution >= 0.6 is 0 Å². The van der Waals surface area contributed by atoms with Crippen LogP contribution in [-0.4, -0.2) is 38.3 Å². The van der Waals surface area contributed by atoms with Crippen LogP contribution in [0, 0.1) is 5.92 Å². The first-order chi connectivity index (χ1) is 7.28. The Balaban J connectivity index is 3.52. The van der Waals surface area contributed by atoms with Crippen LogP contribution in [0.25, 0.3) is 0 Å². The molecule has 0 heterocycles. The van der Waals surface area contributed by atoms with Crippen LogP contribution in [-0.2, 0) is 4.74 Å². The Hall–Kier alpha value is -0.0800. The van der Waals surface area contributed by atoms with E-state index in [4.69, 9.17) is 4.74 Å². The largest absolute Gasteiger partial charge is 0.385 e. The molecule has 0 aromatic rings. The van der Waals surface area contributed by atoms with Crippen LogP contribution in [0.1, 0.15) is 46.5 Å². The summed E-state index contributed by atoms with van der Waals surface area (Å²) in [4.78, 5) is 2.50. The molecule has 15 heavy (non-hydrogen) atoms. The van der Waals surface area contributed by atoms with Crippen LogP contribution < -0.4 is 0 Å². The van der Waals surface area contributed by atoms with Crippen molar-refractivity contribution in [3.63, 3.8) is 0 Å². The summed E-state index contributed by atoms with van der Waals surface area (Å²) < 4.78 is 5.13. The zero-order valence-electron chi connectivity index (χ0n) is 11.1. The lowest BCUT2D eigenvalue weighted by molar-refractivity contribution is 0.171. The minimum atomic E-state index is 0.862. The molecule has 2 heteroatoms. The molecule has 0 fully saturated rings. The molecule has 0 aliphatic carbocycles. The summed E-state index contributed by atoms with van der Waals surface area (Å²) in [7, 11) is 1.79. The number of nitrogens with zero attached hydrogens (tertiary/aromatic N) is 1. The molecule has 0 unspecified atom stereocenters. The van der Waals surface area contributed by atoms with Gasteiger partial charge in [0.25, 0.3) is 0 Å². The van der Waals surface area contributed by atoms with Crippen molar-refractivity contribution in [3.8, 4) is 0 Å². The molecular weight excluding hydrogens is 186 g/mol. The average molecular weight is 215 g/mol. The molecule has 0 saturated carbocycles. The van der Waals surface area contributed by atoms with E-state index < -0.39 is 0 Å². The van der Waals surface area contributed by atoms with Crippen LogP contribution in [0.3, 0.4) is 0 Å². The van der Waals surface area contributed by atoms with E-state index in [2.05, 4.69) is 25.7 Å². The SMILES string of the molecule is CC[C@@H](CCCN(CC)CC)CCOC. The Kier molecular flexibility index (Phi) is 10.4. The van der Waals surface area contributed by atoms with Crippen molar-refractivity contribution in [2.75, 3.05) is 33.4 Å². The fourth-order valence-electron chi connectivity index (χ4n) is 1.98. The molecule has 0 aliphatic rings. The summed E-state index contributed by atoms with van der Waals surface area (Å²) in [6.45, 7) is 11.3. The fourth-order valence-corrected chi connectivity index (χ4v) is 1.98. The van der Waals surface area contributed by atoms with Gasteiger partial charge >= 0.3 is 0 Å². The highest BCUT2D eigenvalue weighted by atomic mass is 16.5. The lowest BCUT2D eigenvalue weighted by Crippen LogP contribution is -2.24. The molecule has 0 amide bonds. The van der Waals surface area contributed by atoms with Gasteiger partial charge in [0, 0.05) is 13.7 Å². The Morgan fingerprint density at radius 1 is 1.07 bits per heavy atom. The Morgan fingerprint density at radius 3 is 2.20 bits per heavy atom. The van der Waals surface area contributed by atoms with Crippen molar-refractivity contribution in [2.24, 2.45) is 5.92 Å². The number of methoxy groups -OCH3 is 1. The minimum absolute atomic E-state index is 0.862. The maximum atomic E-state index is 5.13. The lowest BCUT2D eigenvalue weighted by atomic mass is 9.97. The van der Waals surface area contributed by atoms with E-state index in [0.29, 0.717) is 0 Å². The molecule has 0 bridgehead atoms. The standard InChI is InChI=1S/C13H29NO/c1-5-13(10-12-15-4)9-8-11-14(6-2)7-3/h13H,5-12H2,1-4H3/t13-/m0/s1. The van der Waals surface area contributed by atoms with Gasteiger partial charge in [-0.1, -0.05) is 27.2 Å².